The molecule has 1 aromatic heterocycles. The predicted octanol–water partition coefficient (Wildman–Crippen LogP) is 1.80. The molecule has 84 valence electrons. The van der Waals surface area contributed by atoms with Crippen molar-refractivity contribution in [2.45, 2.75) is 26.2 Å². The predicted molar refractivity (Wildman–Crippen MR) is 60.4 cm³/mol. The van der Waals surface area contributed by atoms with E-state index in [1.807, 2.05) is 0 Å². The number of Topliss-reactive ketones (excluding diaryl/α,β-unsaturated/α-hetero) is 1. The van der Waals surface area contributed by atoms with Gasteiger partial charge < -0.3 is 0 Å². The molecular formula is C12H14N2O2. The van der Waals surface area contributed by atoms with Gasteiger partial charge in [0.25, 0.3) is 5.78 Å². The first kappa shape index (κ1) is 10.8. The molecule has 1 aliphatic rings. The van der Waals surface area contributed by atoms with Gasteiger partial charge >= 0.3 is 5.91 Å². The Morgan fingerprint density at radius 3 is 2.88 bits per heavy atom. The first-order valence-electron chi connectivity index (χ1n) is 5.57. The summed E-state index contributed by atoms with van der Waals surface area (Å²) in [4.78, 5) is 28.9. The maximum atomic E-state index is 11.7. The number of anilines is 1. The molecule has 16 heavy (non-hydrogen) atoms. The minimum atomic E-state index is -0.440. The van der Waals surface area contributed by atoms with Gasteiger partial charge in [0.2, 0.25) is 0 Å². The normalized spacial score (nSPS) is 14.4. The number of nitrogens with zero attached hydrogens (tertiary/aromatic N) is 2. The van der Waals surface area contributed by atoms with Crippen LogP contribution in [-0.2, 0) is 4.79 Å². The van der Waals surface area contributed by atoms with Crippen molar-refractivity contribution in [3.05, 3.63) is 23.9 Å². The highest BCUT2D eigenvalue weighted by Crippen LogP contribution is 2.26. The fourth-order valence-corrected chi connectivity index (χ4v) is 1.85. The summed E-state index contributed by atoms with van der Waals surface area (Å²) in [5, 5.41) is 0. The Bertz CT molecular complexity index is 429. The molecule has 0 atom stereocenters. The number of amides is 1. The summed E-state index contributed by atoms with van der Waals surface area (Å²) < 4.78 is 0. The van der Waals surface area contributed by atoms with E-state index in [2.05, 4.69) is 11.9 Å². The Balaban J connectivity index is 2.20. The molecule has 2 rings (SSSR count). The van der Waals surface area contributed by atoms with Gasteiger partial charge in [-0.3, -0.25) is 14.5 Å². The summed E-state index contributed by atoms with van der Waals surface area (Å²) in [6.07, 6.45) is 4.66. The Morgan fingerprint density at radius 2 is 2.12 bits per heavy atom. The molecule has 0 radical (unpaired) electrons. The zero-order chi connectivity index (χ0) is 11.5. The fourth-order valence-electron chi connectivity index (χ4n) is 1.85. The lowest BCUT2D eigenvalue weighted by atomic mass is 10.2. The maximum absolute atomic E-state index is 11.7. The van der Waals surface area contributed by atoms with Gasteiger partial charge in [-0.1, -0.05) is 19.8 Å². The molecule has 0 spiro atoms. The molecule has 4 heteroatoms. The van der Waals surface area contributed by atoms with Crippen molar-refractivity contribution in [1.82, 2.24) is 4.98 Å². The third kappa shape index (κ3) is 1.71. The lowest BCUT2D eigenvalue weighted by Crippen LogP contribution is -2.31. The molecule has 0 aliphatic carbocycles. The van der Waals surface area contributed by atoms with Crippen LogP contribution in [0.3, 0.4) is 0 Å². The van der Waals surface area contributed by atoms with Crippen LogP contribution in [-0.4, -0.2) is 23.2 Å². The summed E-state index contributed by atoms with van der Waals surface area (Å²) in [7, 11) is 0. The smallest absolute Gasteiger partial charge is 0.289 e. The van der Waals surface area contributed by atoms with Gasteiger partial charge in [-0.2, -0.15) is 0 Å². The highest BCUT2D eigenvalue weighted by Gasteiger charge is 2.36. The minimum absolute atomic E-state index is 0.431. The van der Waals surface area contributed by atoms with Crippen molar-refractivity contribution in [2.24, 2.45) is 0 Å². The lowest BCUT2D eigenvalue weighted by Gasteiger charge is -2.14. The zero-order valence-corrected chi connectivity index (χ0v) is 9.27. The van der Waals surface area contributed by atoms with E-state index in [1.165, 1.54) is 4.90 Å². The van der Waals surface area contributed by atoms with Crippen LogP contribution in [0.5, 0.6) is 0 Å². The van der Waals surface area contributed by atoms with Crippen molar-refractivity contribution in [1.29, 1.82) is 0 Å². The highest BCUT2D eigenvalue weighted by molar-refractivity contribution is 6.51. The number of rotatable bonds is 4. The van der Waals surface area contributed by atoms with Crippen LogP contribution in [0, 0.1) is 0 Å². The second kappa shape index (κ2) is 4.43. The molecule has 4 nitrogen and oxygen atoms in total. The van der Waals surface area contributed by atoms with Crippen LogP contribution in [0.1, 0.15) is 36.5 Å². The van der Waals surface area contributed by atoms with E-state index in [0.29, 0.717) is 17.9 Å². The van der Waals surface area contributed by atoms with Crippen LogP contribution >= 0.6 is 0 Å². The third-order valence-electron chi connectivity index (χ3n) is 2.71. The molecule has 0 unspecified atom stereocenters. The largest absolute Gasteiger partial charge is 0.300 e. The molecule has 1 aromatic rings. The summed E-state index contributed by atoms with van der Waals surface area (Å²) in [6.45, 7) is 2.69. The number of carbonyl (C=O) groups excluding carboxylic acids is 2. The summed E-state index contributed by atoms with van der Waals surface area (Å²) >= 11 is 0. The van der Waals surface area contributed by atoms with E-state index in [9.17, 15) is 9.59 Å². The summed E-state index contributed by atoms with van der Waals surface area (Å²) in [5.74, 6) is -0.349. The summed E-state index contributed by atoms with van der Waals surface area (Å²) in [6, 6.07) is 3.34. The van der Waals surface area contributed by atoms with E-state index in [4.69, 9.17) is 0 Å². The summed E-state index contributed by atoms with van der Waals surface area (Å²) in [5.41, 5.74) is 0.434. The number of aromatic nitrogens is 1. The molecule has 2 heterocycles. The molecule has 1 aliphatic heterocycles. The van der Waals surface area contributed by atoms with E-state index >= 15 is 0 Å². The molecule has 0 saturated carbocycles. The average Bonchev–Trinajstić information content (AvgIpc) is 2.55. The van der Waals surface area contributed by atoms with Crippen molar-refractivity contribution < 1.29 is 9.59 Å². The Morgan fingerprint density at radius 1 is 1.31 bits per heavy atom. The molecule has 0 aromatic carbocycles. The monoisotopic (exact) mass is 218 g/mol. The molecule has 1 amide bonds. The van der Waals surface area contributed by atoms with Gasteiger partial charge in [-0.05, 0) is 18.6 Å². The molecular weight excluding hydrogens is 204 g/mol. The van der Waals surface area contributed by atoms with Crippen LogP contribution in [0.25, 0.3) is 0 Å². The van der Waals surface area contributed by atoms with E-state index < -0.39 is 11.7 Å². The fraction of sp³-hybridized carbons (Fsp3) is 0.417. The number of hydrogen-bond donors (Lipinski definition) is 0. The number of hydrogen-bond acceptors (Lipinski definition) is 3. The quantitative estimate of drug-likeness (QED) is 0.572. The number of fused-ring (bicyclic) bond motifs is 1. The van der Waals surface area contributed by atoms with Crippen molar-refractivity contribution in [3.63, 3.8) is 0 Å². The molecule has 0 fully saturated rings. The van der Waals surface area contributed by atoms with Crippen LogP contribution in [0.15, 0.2) is 18.3 Å². The molecule has 0 bridgehead atoms. The third-order valence-corrected chi connectivity index (χ3v) is 2.71. The standard InChI is InChI=1S/C12H14N2O2/c1-2-3-4-8-14-11-9(6-5-7-13-11)10(15)12(14)16/h5-7H,2-4,8H2,1H3. The zero-order valence-electron chi connectivity index (χ0n) is 9.27. The SMILES string of the molecule is CCCCCN1C(=O)C(=O)c2cccnc21. The van der Waals surface area contributed by atoms with Gasteiger partial charge in [0.15, 0.2) is 0 Å². The van der Waals surface area contributed by atoms with E-state index in [-0.39, 0.29) is 0 Å². The minimum Gasteiger partial charge on any atom is -0.289 e. The number of unbranched alkanes of at least 4 members (excludes halogenated alkanes) is 2. The number of ketones is 1. The van der Waals surface area contributed by atoms with Gasteiger partial charge in [0, 0.05) is 12.7 Å². The van der Waals surface area contributed by atoms with Crippen molar-refractivity contribution in [3.8, 4) is 0 Å². The second-order valence-corrected chi connectivity index (χ2v) is 3.87. The van der Waals surface area contributed by atoms with Crippen molar-refractivity contribution in [2.75, 3.05) is 11.4 Å². The van der Waals surface area contributed by atoms with Crippen LogP contribution < -0.4 is 4.90 Å². The van der Waals surface area contributed by atoms with Crippen LogP contribution in [0.2, 0.25) is 0 Å². The Hall–Kier alpha value is -1.71. The molecule has 0 saturated heterocycles. The Labute approximate surface area is 94.3 Å². The van der Waals surface area contributed by atoms with Crippen molar-refractivity contribution >= 4 is 17.5 Å². The highest BCUT2D eigenvalue weighted by atomic mass is 16.2. The van der Waals surface area contributed by atoms with Gasteiger partial charge in [0.1, 0.15) is 5.82 Å². The lowest BCUT2D eigenvalue weighted by molar-refractivity contribution is -0.114. The first-order valence-corrected chi connectivity index (χ1v) is 5.57. The first-order chi connectivity index (χ1) is 7.75. The topological polar surface area (TPSA) is 50.3 Å². The van der Waals surface area contributed by atoms with Crippen LogP contribution in [0.4, 0.5) is 5.82 Å². The maximum Gasteiger partial charge on any atom is 0.300 e. The number of pyridine rings is 1. The number of carbonyl (C=O) groups is 2. The van der Waals surface area contributed by atoms with Gasteiger partial charge in [0.05, 0.1) is 5.56 Å². The average molecular weight is 218 g/mol. The van der Waals surface area contributed by atoms with Gasteiger partial charge in [-0.25, -0.2) is 4.98 Å². The Kier molecular flexibility index (Phi) is 2.99. The molecule has 0 N–H and O–H groups in total. The van der Waals surface area contributed by atoms with E-state index in [1.54, 1.807) is 18.3 Å². The van der Waals surface area contributed by atoms with Gasteiger partial charge in [-0.15, -0.1) is 0 Å². The van der Waals surface area contributed by atoms with E-state index in [0.717, 1.165) is 19.3 Å². The second-order valence-electron chi connectivity index (χ2n) is 3.87.